The Morgan fingerprint density at radius 1 is 1.41 bits per heavy atom. The van der Waals surface area contributed by atoms with Crippen molar-refractivity contribution in [2.75, 3.05) is 7.11 Å². The molecule has 2 rings (SSSR count). The van der Waals surface area contributed by atoms with Crippen molar-refractivity contribution in [3.63, 3.8) is 0 Å². The van der Waals surface area contributed by atoms with Crippen LogP contribution in [0.2, 0.25) is 0 Å². The molecule has 0 aliphatic heterocycles. The van der Waals surface area contributed by atoms with E-state index in [0.29, 0.717) is 17.9 Å². The second-order valence-corrected chi connectivity index (χ2v) is 3.45. The number of methoxy groups -OCH3 is 1. The molecule has 0 unspecified atom stereocenters. The second kappa shape index (κ2) is 5.16. The lowest BCUT2D eigenvalue weighted by molar-refractivity contribution is 0.0947. The number of benzene rings is 1. The fraction of sp³-hybridized carbons (Fsp3) is 0.167. The van der Waals surface area contributed by atoms with Crippen LogP contribution in [0.1, 0.15) is 16.1 Å². The number of nitrogens with zero attached hydrogens (tertiary/aromatic N) is 1. The van der Waals surface area contributed by atoms with Crippen LogP contribution < -0.4 is 10.1 Å². The molecule has 2 N–H and O–H groups in total. The SMILES string of the molecule is COc1ccccc1C(=O)NCc1cc[nH]n1. The fourth-order valence-electron chi connectivity index (χ4n) is 1.49. The average Bonchev–Trinajstić information content (AvgIpc) is 2.89. The van der Waals surface area contributed by atoms with Crippen molar-refractivity contribution in [1.29, 1.82) is 0 Å². The van der Waals surface area contributed by atoms with Crippen LogP contribution in [0.25, 0.3) is 0 Å². The topological polar surface area (TPSA) is 67.0 Å². The van der Waals surface area contributed by atoms with E-state index in [1.807, 2.05) is 12.1 Å². The van der Waals surface area contributed by atoms with Crippen LogP contribution in [0.4, 0.5) is 0 Å². The van der Waals surface area contributed by atoms with E-state index in [1.165, 1.54) is 0 Å². The first-order valence-corrected chi connectivity index (χ1v) is 5.21. The smallest absolute Gasteiger partial charge is 0.255 e. The highest BCUT2D eigenvalue weighted by atomic mass is 16.5. The normalized spacial score (nSPS) is 9.94. The predicted octanol–water partition coefficient (Wildman–Crippen LogP) is 1.35. The summed E-state index contributed by atoms with van der Waals surface area (Å²) >= 11 is 0. The summed E-state index contributed by atoms with van der Waals surface area (Å²) in [6, 6.07) is 8.90. The summed E-state index contributed by atoms with van der Waals surface area (Å²) < 4.78 is 5.12. The van der Waals surface area contributed by atoms with Crippen LogP contribution in [0.3, 0.4) is 0 Å². The number of nitrogens with one attached hydrogen (secondary N) is 2. The summed E-state index contributed by atoms with van der Waals surface area (Å²) in [5, 5.41) is 9.42. The average molecular weight is 231 g/mol. The van der Waals surface area contributed by atoms with E-state index in [0.717, 1.165) is 5.69 Å². The molecule has 1 aromatic heterocycles. The molecule has 0 atom stereocenters. The summed E-state index contributed by atoms with van der Waals surface area (Å²) in [7, 11) is 1.54. The van der Waals surface area contributed by atoms with Gasteiger partial charge in [0.2, 0.25) is 0 Å². The Balaban J connectivity index is 2.04. The second-order valence-electron chi connectivity index (χ2n) is 3.45. The molecule has 1 heterocycles. The van der Waals surface area contributed by atoms with E-state index in [-0.39, 0.29) is 5.91 Å². The molecule has 2 aromatic rings. The highest BCUT2D eigenvalue weighted by Crippen LogP contribution is 2.16. The van der Waals surface area contributed by atoms with Gasteiger partial charge in [-0.25, -0.2) is 0 Å². The van der Waals surface area contributed by atoms with Crippen molar-refractivity contribution in [3.05, 3.63) is 47.8 Å². The Bertz CT molecular complexity index is 494. The summed E-state index contributed by atoms with van der Waals surface area (Å²) in [5.74, 6) is 0.387. The third-order valence-electron chi connectivity index (χ3n) is 2.34. The lowest BCUT2D eigenvalue weighted by Gasteiger charge is -2.07. The predicted molar refractivity (Wildman–Crippen MR) is 62.8 cm³/mol. The Morgan fingerprint density at radius 2 is 2.24 bits per heavy atom. The van der Waals surface area contributed by atoms with Gasteiger partial charge in [0, 0.05) is 6.20 Å². The van der Waals surface area contributed by atoms with Gasteiger partial charge in [0.1, 0.15) is 5.75 Å². The van der Waals surface area contributed by atoms with Crippen molar-refractivity contribution in [2.24, 2.45) is 0 Å². The number of carbonyl (C=O) groups is 1. The number of para-hydroxylation sites is 1. The van der Waals surface area contributed by atoms with Crippen LogP contribution in [-0.2, 0) is 6.54 Å². The van der Waals surface area contributed by atoms with Gasteiger partial charge in [-0.3, -0.25) is 9.89 Å². The Kier molecular flexibility index (Phi) is 3.40. The van der Waals surface area contributed by atoms with Crippen molar-refractivity contribution in [1.82, 2.24) is 15.5 Å². The lowest BCUT2D eigenvalue weighted by Crippen LogP contribution is -2.23. The molecule has 88 valence electrons. The zero-order valence-corrected chi connectivity index (χ0v) is 9.43. The van der Waals surface area contributed by atoms with E-state index < -0.39 is 0 Å². The van der Waals surface area contributed by atoms with Crippen LogP contribution in [0.15, 0.2) is 36.5 Å². The molecule has 0 radical (unpaired) electrons. The molecule has 0 aliphatic carbocycles. The summed E-state index contributed by atoms with van der Waals surface area (Å²) in [6.45, 7) is 0.389. The summed E-state index contributed by atoms with van der Waals surface area (Å²) in [4.78, 5) is 11.9. The van der Waals surface area contributed by atoms with E-state index >= 15 is 0 Å². The number of aromatic amines is 1. The third kappa shape index (κ3) is 2.63. The van der Waals surface area contributed by atoms with Crippen LogP contribution in [0.5, 0.6) is 5.75 Å². The van der Waals surface area contributed by atoms with Gasteiger partial charge in [-0.05, 0) is 18.2 Å². The Morgan fingerprint density at radius 3 is 2.94 bits per heavy atom. The first-order valence-electron chi connectivity index (χ1n) is 5.21. The van der Waals surface area contributed by atoms with Gasteiger partial charge in [-0.2, -0.15) is 5.10 Å². The minimum atomic E-state index is -0.176. The molecule has 0 saturated heterocycles. The molecular weight excluding hydrogens is 218 g/mol. The standard InChI is InChI=1S/C12H13N3O2/c1-17-11-5-3-2-4-10(11)12(16)13-8-9-6-7-14-15-9/h2-7H,8H2,1H3,(H,13,16)(H,14,15). The Hall–Kier alpha value is -2.30. The molecule has 0 bridgehead atoms. The Labute approximate surface area is 98.8 Å². The monoisotopic (exact) mass is 231 g/mol. The minimum absolute atomic E-state index is 0.176. The maximum absolute atomic E-state index is 11.9. The number of ether oxygens (including phenoxy) is 1. The van der Waals surface area contributed by atoms with E-state index in [9.17, 15) is 4.79 Å². The van der Waals surface area contributed by atoms with Gasteiger partial charge in [-0.15, -0.1) is 0 Å². The van der Waals surface area contributed by atoms with E-state index in [1.54, 1.807) is 31.5 Å². The molecular formula is C12H13N3O2. The fourth-order valence-corrected chi connectivity index (χ4v) is 1.49. The maximum atomic E-state index is 11.9. The minimum Gasteiger partial charge on any atom is -0.496 e. The van der Waals surface area contributed by atoms with E-state index in [4.69, 9.17) is 4.74 Å². The molecule has 0 fully saturated rings. The number of rotatable bonds is 4. The van der Waals surface area contributed by atoms with Crippen LogP contribution in [-0.4, -0.2) is 23.2 Å². The highest BCUT2D eigenvalue weighted by Gasteiger charge is 2.10. The van der Waals surface area contributed by atoms with Gasteiger partial charge in [0.05, 0.1) is 24.9 Å². The summed E-state index contributed by atoms with van der Waals surface area (Å²) in [5.41, 5.74) is 1.30. The number of hydrogen-bond acceptors (Lipinski definition) is 3. The summed E-state index contributed by atoms with van der Waals surface area (Å²) in [6.07, 6.45) is 1.71. The van der Waals surface area contributed by atoms with Crippen molar-refractivity contribution < 1.29 is 9.53 Å². The van der Waals surface area contributed by atoms with Gasteiger partial charge >= 0.3 is 0 Å². The lowest BCUT2D eigenvalue weighted by atomic mass is 10.2. The quantitative estimate of drug-likeness (QED) is 0.834. The van der Waals surface area contributed by atoms with E-state index in [2.05, 4.69) is 15.5 Å². The van der Waals surface area contributed by atoms with Crippen molar-refractivity contribution >= 4 is 5.91 Å². The molecule has 0 aliphatic rings. The van der Waals surface area contributed by atoms with Gasteiger partial charge < -0.3 is 10.1 Å². The largest absolute Gasteiger partial charge is 0.496 e. The first kappa shape index (κ1) is 11.2. The molecule has 0 spiro atoms. The van der Waals surface area contributed by atoms with Crippen LogP contribution >= 0.6 is 0 Å². The maximum Gasteiger partial charge on any atom is 0.255 e. The molecule has 5 nitrogen and oxygen atoms in total. The number of amides is 1. The molecule has 0 saturated carbocycles. The van der Waals surface area contributed by atoms with Gasteiger partial charge in [0.15, 0.2) is 0 Å². The molecule has 5 heteroatoms. The highest BCUT2D eigenvalue weighted by molar-refractivity contribution is 5.96. The number of H-pyrrole nitrogens is 1. The zero-order chi connectivity index (χ0) is 12.1. The molecule has 1 amide bonds. The molecule has 17 heavy (non-hydrogen) atoms. The third-order valence-corrected chi connectivity index (χ3v) is 2.34. The zero-order valence-electron chi connectivity index (χ0n) is 9.43. The van der Waals surface area contributed by atoms with Crippen LogP contribution in [0, 0.1) is 0 Å². The van der Waals surface area contributed by atoms with Crippen molar-refractivity contribution in [2.45, 2.75) is 6.54 Å². The first-order chi connectivity index (χ1) is 8.31. The number of aromatic nitrogens is 2. The van der Waals surface area contributed by atoms with Gasteiger partial charge in [0.25, 0.3) is 5.91 Å². The number of hydrogen-bond donors (Lipinski definition) is 2. The molecule has 1 aromatic carbocycles. The van der Waals surface area contributed by atoms with Crippen molar-refractivity contribution in [3.8, 4) is 5.75 Å². The van der Waals surface area contributed by atoms with Gasteiger partial charge in [-0.1, -0.05) is 12.1 Å². The number of carbonyl (C=O) groups excluding carboxylic acids is 1.